The highest BCUT2D eigenvalue weighted by Gasteiger charge is 2.24. The summed E-state index contributed by atoms with van der Waals surface area (Å²) in [7, 11) is -1.15. The molecule has 0 saturated carbocycles. The maximum Gasteiger partial charge on any atom is 0.332 e. The summed E-state index contributed by atoms with van der Waals surface area (Å²) in [5.41, 5.74) is 1.39. The summed E-state index contributed by atoms with van der Waals surface area (Å²) < 4.78 is 14.7. The van der Waals surface area contributed by atoms with E-state index in [4.69, 9.17) is 9.47 Å². The van der Waals surface area contributed by atoms with E-state index in [1.54, 1.807) is 10.8 Å². The first-order valence-electron chi connectivity index (χ1n) is 8.97. The predicted octanol–water partition coefficient (Wildman–Crippen LogP) is 2.57. The van der Waals surface area contributed by atoms with Gasteiger partial charge in [0.05, 0.1) is 6.20 Å². The summed E-state index contributed by atoms with van der Waals surface area (Å²) in [4.78, 5) is 21.9. The average molecular weight is 365 g/mol. The second-order valence-corrected chi connectivity index (χ2v) is 13.5. The zero-order valence-electron chi connectivity index (χ0n) is 15.6. The molecule has 8 heteroatoms. The molecule has 0 aliphatic carbocycles. The third-order valence-electron chi connectivity index (χ3n) is 4.60. The second kappa shape index (κ2) is 7.39. The minimum Gasteiger partial charge on any atom is -0.381 e. The monoisotopic (exact) mass is 364 g/mol. The molecule has 1 aliphatic heterocycles. The largest absolute Gasteiger partial charge is 0.381 e. The first kappa shape index (κ1) is 18.3. The third kappa shape index (κ3) is 4.19. The Labute approximate surface area is 149 Å². The van der Waals surface area contributed by atoms with Gasteiger partial charge in [0.1, 0.15) is 18.1 Å². The van der Waals surface area contributed by atoms with Crippen LogP contribution < -0.4 is 5.69 Å². The normalized spacial score (nSPS) is 16.6. The molecule has 0 atom stereocenters. The molecule has 0 bridgehead atoms. The van der Waals surface area contributed by atoms with Gasteiger partial charge in [0.15, 0.2) is 5.65 Å². The SMILES string of the molecule is Cc1ncc2c(n1)n(C1CCOCC1)c(=O)n2COCC[Si](C)(C)C. The molecule has 2 aromatic heterocycles. The van der Waals surface area contributed by atoms with E-state index in [-0.39, 0.29) is 18.5 Å². The van der Waals surface area contributed by atoms with Gasteiger partial charge in [-0.1, -0.05) is 19.6 Å². The van der Waals surface area contributed by atoms with Gasteiger partial charge in [-0.05, 0) is 25.8 Å². The molecule has 1 fully saturated rings. The van der Waals surface area contributed by atoms with Gasteiger partial charge in [0, 0.05) is 33.9 Å². The van der Waals surface area contributed by atoms with Crippen LogP contribution in [-0.2, 0) is 16.2 Å². The summed E-state index contributed by atoms with van der Waals surface area (Å²) in [6.07, 6.45) is 3.40. The minimum absolute atomic E-state index is 0.0604. The molecule has 138 valence electrons. The molecule has 0 amide bonds. The van der Waals surface area contributed by atoms with Gasteiger partial charge in [0.2, 0.25) is 0 Å². The highest BCUT2D eigenvalue weighted by atomic mass is 28.3. The van der Waals surface area contributed by atoms with Gasteiger partial charge in [0.25, 0.3) is 0 Å². The van der Waals surface area contributed by atoms with E-state index in [1.807, 2.05) is 11.5 Å². The van der Waals surface area contributed by atoms with Crippen molar-refractivity contribution in [2.24, 2.45) is 0 Å². The maximum absolute atomic E-state index is 13.0. The van der Waals surface area contributed by atoms with Crippen LogP contribution in [-0.4, -0.2) is 47.0 Å². The second-order valence-electron chi connectivity index (χ2n) is 7.90. The molecular formula is C17H28N4O3Si. The van der Waals surface area contributed by atoms with Crippen molar-refractivity contribution in [2.75, 3.05) is 19.8 Å². The summed E-state index contributed by atoms with van der Waals surface area (Å²) in [5.74, 6) is 0.671. The third-order valence-corrected chi connectivity index (χ3v) is 6.30. The number of nitrogens with zero attached hydrogens (tertiary/aromatic N) is 4. The number of imidazole rings is 1. The lowest BCUT2D eigenvalue weighted by molar-refractivity contribution is 0.0669. The van der Waals surface area contributed by atoms with Crippen molar-refractivity contribution in [3.05, 3.63) is 22.5 Å². The van der Waals surface area contributed by atoms with Crippen molar-refractivity contribution >= 4 is 19.2 Å². The quantitative estimate of drug-likeness (QED) is 0.582. The van der Waals surface area contributed by atoms with Crippen LogP contribution in [0.5, 0.6) is 0 Å². The van der Waals surface area contributed by atoms with E-state index in [2.05, 4.69) is 29.6 Å². The Bertz CT molecular complexity index is 788. The Morgan fingerprint density at radius 1 is 1.32 bits per heavy atom. The van der Waals surface area contributed by atoms with Gasteiger partial charge >= 0.3 is 5.69 Å². The molecular weight excluding hydrogens is 336 g/mol. The van der Waals surface area contributed by atoms with E-state index in [9.17, 15) is 4.79 Å². The molecule has 7 nitrogen and oxygen atoms in total. The van der Waals surface area contributed by atoms with Crippen LogP contribution in [0.3, 0.4) is 0 Å². The topological polar surface area (TPSA) is 71.2 Å². The van der Waals surface area contributed by atoms with E-state index >= 15 is 0 Å². The molecule has 3 rings (SSSR count). The zero-order valence-corrected chi connectivity index (χ0v) is 16.6. The number of aryl methyl sites for hydroxylation is 1. The number of ether oxygens (including phenoxy) is 2. The Kier molecular flexibility index (Phi) is 5.40. The Balaban J connectivity index is 1.90. The highest BCUT2D eigenvalue weighted by Crippen LogP contribution is 2.23. The fourth-order valence-electron chi connectivity index (χ4n) is 3.07. The van der Waals surface area contributed by atoms with Crippen molar-refractivity contribution in [3.63, 3.8) is 0 Å². The molecule has 3 heterocycles. The molecule has 0 unspecified atom stereocenters. The summed E-state index contributed by atoms with van der Waals surface area (Å²) in [6, 6.07) is 1.21. The fraction of sp³-hybridized carbons (Fsp3) is 0.706. The van der Waals surface area contributed by atoms with Crippen LogP contribution in [0.15, 0.2) is 11.0 Å². The van der Waals surface area contributed by atoms with Crippen molar-refractivity contribution in [2.45, 2.75) is 58.2 Å². The average Bonchev–Trinajstić information content (AvgIpc) is 2.82. The van der Waals surface area contributed by atoms with Gasteiger partial charge in [-0.25, -0.2) is 14.8 Å². The standard InChI is InChI=1S/C17H28N4O3Si/c1-13-18-11-15-16(19-13)21(14-5-7-23-8-6-14)17(22)20(15)12-24-9-10-25(2,3)4/h11,14H,5-10,12H2,1-4H3. The van der Waals surface area contributed by atoms with Crippen molar-refractivity contribution in [3.8, 4) is 0 Å². The predicted molar refractivity (Wildman–Crippen MR) is 99.7 cm³/mol. The van der Waals surface area contributed by atoms with Crippen LogP contribution in [0.1, 0.15) is 24.7 Å². The van der Waals surface area contributed by atoms with Crippen LogP contribution >= 0.6 is 0 Å². The molecule has 0 spiro atoms. The van der Waals surface area contributed by atoms with Gasteiger partial charge < -0.3 is 9.47 Å². The van der Waals surface area contributed by atoms with E-state index in [0.29, 0.717) is 31.3 Å². The fourth-order valence-corrected chi connectivity index (χ4v) is 3.83. The molecule has 1 saturated heterocycles. The maximum atomic E-state index is 13.0. The molecule has 0 N–H and O–H groups in total. The van der Waals surface area contributed by atoms with Crippen LogP contribution in [0, 0.1) is 6.92 Å². The van der Waals surface area contributed by atoms with E-state index in [1.165, 1.54) is 0 Å². The van der Waals surface area contributed by atoms with Gasteiger partial charge in [-0.3, -0.25) is 9.13 Å². The Hall–Kier alpha value is -1.51. The number of fused-ring (bicyclic) bond motifs is 1. The lowest BCUT2D eigenvalue weighted by Gasteiger charge is -2.22. The Morgan fingerprint density at radius 3 is 2.72 bits per heavy atom. The number of hydrogen-bond acceptors (Lipinski definition) is 5. The van der Waals surface area contributed by atoms with Crippen LogP contribution in [0.4, 0.5) is 0 Å². The molecule has 1 aliphatic rings. The van der Waals surface area contributed by atoms with E-state index < -0.39 is 8.07 Å². The minimum atomic E-state index is -1.15. The Morgan fingerprint density at radius 2 is 2.04 bits per heavy atom. The molecule has 25 heavy (non-hydrogen) atoms. The lowest BCUT2D eigenvalue weighted by Crippen LogP contribution is -2.31. The van der Waals surface area contributed by atoms with Crippen LogP contribution in [0.2, 0.25) is 25.7 Å². The summed E-state index contributed by atoms with van der Waals surface area (Å²) in [6.45, 7) is 11.1. The molecule has 2 aromatic rings. The summed E-state index contributed by atoms with van der Waals surface area (Å²) in [5, 5.41) is 0. The smallest absolute Gasteiger partial charge is 0.332 e. The number of aromatic nitrogens is 4. The molecule has 0 aromatic carbocycles. The van der Waals surface area contributed by atoms with Crippen LogP contribution in [0.25, 0.3) is 11.2 Å². The summed E-state index contributed by atoms with van der Waals surface area (Å²) >= 11 is 0. The van der Waals surface area contributed by atoms with Crippen molar-refractivity contribution < 1.29 is 9.47 Å². The van der Waals surface area contributed by atoms with Gasteiger partial charge in [-0.2, -0.15) is 0 Å². The van der Waals surface area contributed by atoms with E-state index in [0.717, 1.165) is 24.4 Å². The van der Waals surface area contributed by atoms with Gasteiger partial charge in [-0.15, -0.1) is 0 Å². The highest BCUT2D eigenvalue weighted by molar-refractivity contribution is 6.76. The van der Waals surface area contributed by atoms with Crippen molar-refractivity contribution in [1.82, 2.24) is 19.1 Å². The molecule has 0 radical (unpaired) electrons. The number of hydrogen-bond donors (Lipinski definition) is 0. The zero-order chi connectivity index (χ0) is 18.0. The first-order valence-corrected chi connectivity index (χ1v) is 12.7. The number of rotatable bonds is 6. The van der Waals surface area contributed by atoms with Crippen molar-refractivity contribution in [1.29, 1.82) is 0 Å². The lowest BCUT2D eigenvalue weighted by atomic mass is 10.1. The first-order chi connectivity index (χ1) is 11.9.